The van der Waals surface area contributed by atoms with E-state index in [1.54, 1.807) is 18.2 Å². The number of anilines is 1. The Morgan fingerprint density at radius 1 is 1.30 bits per heavy atom. The van der Waals surface area contributed by atoms with Gasteiger partial charge in [0.1, 0.15) is 16.7 Å². The lowest BCUT2D eigenvalue weighted by Gasteiger charge is -2.20. The molecule has 1 unspecified atom stereocenters. The van der Waals surface area contributed by atoms with Gasteiger partial charge in [0, 0.05) is 29.7 Å². The van der Waals surface area contributed by atoms with E-state index < -0.39 is 14.3 Å². The van der Waals surface area contributed by atoms with Crippen molar-refractivity contribution in [2.24, 2.45) is 0 Å². The summed E-state index contributed by atoms with van der Waals surface area (Å²) in [6, 6.07) is 4.97. The van der Waals surface area contributed by atoms with Crippen molar-refractivity contribution in [3.8, 4) is 11.5 Å². The highest BCUT2D eigenvalue weighted by molar-refractivity contribution is 8.14. The fourth-order valence-corrected chi connectivity index (χ4v) is 3.13. The number of rotatable bonds is 4. The largest absolute Gasteiger partial charge is 0.497 e. The Labute approximate surface area is 121 Å². The monoisotopic (exact) mass is 319 g/mol. The van der Waals surface area contributed by atoms with Crippen LogP contribution in [0.5, 0.6) is 11.5 Å². The molecule has 0 aliphatic carbocycles. The second kappa shape index (κ2) is 5.49. The zero-order valence-corrected chi connectivity index (χ0v) is 12.6. The number of benzene rings is 1. The molecule has 2 rings (SSSR count). The average Bonchev–Trinajstić information content (AvgIpc) is 2.80. The number of carbonyl (C=O) groups is 1. The maximum absolute atomic E-state index is 12.0. The van der Waals surface area contributed by atoms with Crippen molar-refractivity contribution < 1.29 is 22.7 Å². The highest BCUT2D eigenvalue weighted by Crippen LogP contribution is 2.36. The van der Waals surface area contributed by atoms with Crippen molar-refractivity contribution in [2.45, 2.75) is 11.7 Å². The molecule has 1 aromatic carbocycles. The molecular weight excluding hydrogens is 306 g/mol. The van der Waals surface area contributed by atoms with Crippen molar-refractivity contribution >= 4 is 31.3 Å². The topological polar surface area (TPSA) is 72.9 Å². The first kappa shape index (κ1) is 14.9. The molecule has 1 fully saturated rings. The summed E-state index contributed by atoms with van der Waals surface area (Å²) in [6.07, 6.45) is -0.133. The summed E-state index contributed by atoms with van der Waals surface area (Å²) in [5, 5.41) is -0.910. The first-order chi connectivity index (χ1) is 9.36. The van der Waals surface area contributed by atoms with E-state index in [0.717, 1.165) is 0 Å². The molecule has 1 saturated heterocycles. The van der Waals surface area contributed by atoms with Gasteiger partial charge in [0.15, 0.2) is 0 Å². The van der Waals surface area contributed by atoms with Crippen LogP contribution >= 0.6 is 10.7 Å². The third kappa shape index (κ3) is 2.83. The standard InChI is InChI=1S/C12H14ClNO5S/c1-18-8-3-4-11(19-2)10(5-8)14-7-9(6-12(14)15)20(13,16)17/h3-5,9H,6-7H2,1-2H3. The summed E-state index contributed by atoms with van der Waals surface area (Å²) in [5.74, 6) is 0.698. The van der Waals surface area contributed by atoms with Gasteiger partial charge in [0.25, 0.3) is 0 Å². The molecule has 0 spiro atoms. The van der Waals surface area contributed by atoms with Gasteiger partial charge in [-0.25, -0.2) is 8.42 Å². The van der Waals surface area contributed by atoms with Crippen LogP contribution in [0.25, 0.3) is 0 Å². The minimum Gasteiger partial charge on any atom is -0.497 e. The van der Waals surface area contributed by atoms with Gasteiger partial charge in [-0.05, 0) is 12.1 Å². The lowest BCUT2D eigenvalue weighted by Crippen LogP contribution is -2.27. The number of amides is 1. The molecule has 110 valence electrons. The number of methoxy groups -OCH3 is 2. The minimum absolute atomic E-state index is 0.00813. The lowest BCUT2D eigenvalue weighted by molar-refractivity contribution is -0.117. The highest BCUT2D eigenvalue weighted by atomic mass is 35.7. The molecule has 0 radical (unpaired) electrons. The molecule has 0 N–H and O–H groups in total. The van der Waals surface area contributed by atoms with Crippen LogP contribution in [-0.2, 0) is 13.8 Å². The van der Waals surface area contributed by atoms with E-state index in [1.807, 2.05) is 0 Å². The Balaban J connectivity index is 2.39. The molecule has 6 nitrogen and oxygen atoms in total. The maximum atomic E-state index is 12.0. The first-order valence-corrected chi connectivity index (χ1v) is 8.20. The molecule has 1 aliphatic rings. The predicted octanol–water partition coefficient (Wildman–Crippen LogP) is 1.38. The van der Waals surface area contributed by atoms with Gasteiger partial charge < -0.3 is 14.4 Å². The van der Waals surface area contributed by atoms with Gasteiger partial charge in [-0.2, -0.15) is 0 Å². The fraction of sp³-hybridized carbons (Fsp3) is 0.417. The van der Waals surface area contributed by atoms with Crippen LogP contribution in [0.3, 0.4) is 0 Å². The Kier molecular flexibility index (Phi) is 4.10. The van der Waals surface area contributed by atoms with E-state index in [4.69, 9.17) is 20.2 Å². The van der Waals surface area contributed by atoms with E-state index in [2.05, 4.69) is 0 Å². The van der Waals surface area contributed by atoms with Crippen molar-refractivity contribution in [2.75, 3.05) is 25.7 Å². The minimum atomic E-state index is -3.77. The molecule has 1 atom stereocenters. The number of ether oxygens (including phenoxy) is 2. The number of hydrogen-bond acceptors (Lipinski definition) is 5. The molecule has 1 aliphatic heterocycles. The number of hydrogen-bond donors (Lipinski definition) is 0. The Bertz CT molecular complexity index is 631. The maximum Gasteiger partial charge on any atom is 0.237 e. The quantitative estimate of drug-likeness (QED) is 0.784. The van der Waals surface area contributed by atoms with Gasteiger partial charge in [-0.15, -0.1) is 0 Å². The predicted molar refractivity (Wildman–Crippen MR) is 75.1 cm³/mol. The Morgan fingerprint density at radius 3 is 2.50 bits per heavy atom. The zero-order valence-electron chi connectivity index (χ0n) is 11.0. The van der Waals surface area contributed by atoms with Gasteiger partial charge >= 0.3 is 0 Å². The smallest absolute Gasteiger partial charge is 0.237 e. The number of carbonyl (C=O) groups excluding carboxylic acids is 1. The van der Waals surface area contributed by atoms with Crippen molar-refractivity contribution in [1.29, 1.82) is 0 Å². The summed E-state index contributed by atoms with van der Waals surface area (Å²) in [6.45, 7) is 0.00813. The second-order valence-corrected chi connectivity index (χ2v) is 7.25. The fourth-order valence-electron chi connectivity index (χ4n) is 2.10. The van der Waals surface area contributed by atoms with Crippen molar-refractivity contribution in [3.05, 3.63) is 18.2 Å². The summed E-state index contributed by atoms with van der Waals surface area (Å²) in [7, 11) is 4.53. The number of halogens is 1. The normalized spacial score (nSPS) is 19.2. The van der Waals surface area contributed by atoms with E-state index >= 15 is 0 Å². The molecule has 8 heteroatoms. The Morgan fingerprint density at radius 2 is 2.00 bits per heavy atom. The SMILES string of the molecule is COc1ccc(OC)c(N2CC(S(=O)(=O)Cl)CC2=O)c1. The van der Waals surface area contributed by atoms with E-state index in [0.29, 0.717) is 17.2 Å². The molecule has 0 aromatic heterocycles. The van der Waals surface area contributed by atoms with Gasteiger partial charge in [-0.3, -0.25) is 4.79 Å². The summed E-state index contributed by atoms with van der Waals surface area (Å²) < 4.78 is 33.0. The molecule has 1 amide bonds. The van der Waals surface area contributed by atoms with Crippen molar-refractivity contribution in [3.63, 3.8) is 0 Å². The molecular formula is C12H14ClNO5S. The third-order valence-corrected chi connectivity index (χ3v) is 5.03. The van der Waals surface area contributed by atoms with Crippen LogP contribution in [0.2, 0.25) is 0 Å². The van der Waals surface area contributed by atoms with Crippen LogP contribution < -0.4 is 14.4 Å². The first-order valence-electron chi connectivity index (χ1n) is 5.82. The summed E-state index contributed by atoms with van der Waals surface area (Å²) >= 11 is 0. The molecule has 1 aromatic rings. The highest BCUT2D eigenvalue weighted by Gasteiger charge is 2.39. The zero-order chi connectivity index (χ0) is 14.9. The molecule has 0 saturated carbocycles. The molecule has 0 bridgehead atoms. The van der Waals surface area contributed by atoms with E-state index in [1.165, 1.54) is 19.1 Å². The summed E-state index contributed by atoms with van der Waals surface area (Å²) in [5.41, 5.74) is 0.472. The third-order valence-electron chi connectivity index (χ3n) is 3.16. The molecule has 1 heterocycles. The van der Waals surface area contributed by atoms with Gasteiger partial charge in [0.2, 0.25) is 15.0 Å². The van der Waals surface area contributed by atoms with E-state index in [-0.39, 0.29) is 18.9 Å². The van der Waals surface area contributed by atoms with Crippen LogP contribution in [0.4, 0.5) is 5.69 Å². The number of nitrogens with zero attached hydrogens (tertiary/aromatic N) is 1. The van der Waals surface area contributed by atoms with Crippen LogP contribution in [-0.4, -0.2) is 40.3 Å². The Hall–Kier alpha value is -1.47. The van der Waals surface area contributed by atoms with Crippen LogP contribution in [0, 0.1) is 0 Å². The lowest BCUT2D eigenvalue weighted by atomic mass is 10.2. The van der Waals surface area contributed by atoms with Crippen molar-refractivity contribution in [1.82, 2.24) is 0 Å². The molecule has 20 heavy (non-hydrogen) atoms. The van der Waals surface area contributed by atoms with Gasteiger partial charge in [-0.1, -0.05) is 0 Å². The second-order valence-electron chi connectivity index (χ2n) is 4.34. The summed E-state index contributed by atoms with van der Waals surface area (Å²) in [4.78, 5) is 13.4. The van der Waals surface area contributed by atoms with Crippen LogP contribution in [0.1, 0.15) is 6.42 Å². The average molecular weight is 320 g/mol. The van der Waals surface area contributed by atoms with E-state index in [9.17, 15) is 13.2 Å². The van der Waals surface area contributed by atoms with Crippen LogP contribution in [0.15, 0.2) is 18.2 Å². The van der Waals surface area contributed by atoms with Gasteiger partial charge in [0.05, 0.1) is 19.9 Å².